The van der Waals surface area contributed by atoms with Crippen molar-refractivity contribution < 1.29 is 18.0 Å². The van der Waals surface area contributed by atoms with Crippen LogP contribution in [-0.2, 0) is 30.4 Å². The van der Waals surface area contributed by atoms with Crippen molar-refractivity contribution in [2.24, 2.45) is 0 Å². The van der Waals surface area contributed by atoms with Gasteiger partial charge in [-0.25, -0.2) is 4.68 Å². The highest BCUT2D eigenvalue weighted by atomic mass is 19.4. The first-order valence-corrected chi connectivity index (χ1v) is 9.34. The van der Waals surface area contributed by atoms with Gasteiger partial charge in [-0.15, -0.1) is 0 Å². The summed E-state index contributed by atoms with van der Waals surface area (Å²) < 4.78 is 40.3. The van der Waals surface area contributed by atoms with Crippen molar-refractivity contribution in [2.45, 2.75) is 58.2 Å². The van der Waals surface area contributed by atoms with Gasteiger partial charge >= 0.3 is 6.18 Å². The first kappa shape index (κ1) is 20.1. The third kappa shape index (κ3) is 4.26. The van der Waals surface area contributed by atoms with E-state index in [1.165, 1.54) is 0 Å². The summed E-state index contributed by atoms with van der Waals surface area (Å²) in [6.45, 7) is 3.33. The molecule has 0 spiro atoms. The van der Waals surface area contributed by atoms with E-state index >= 15 is 0 Å². The molecule has 1 aliphatic rings. The Bertz CT molecular complexity index is 924. The number of carbonyl (C=O) groups excluding carboxylic acids is 1. The van der Waals surface area contributed by atoms with Crippen LogP contribution in [0.2, 0.25) is 0 Å². The molecule has 1 aliphatic carbocycles. The Balaban J connectivity index is 1.91. The average molecular weight is 393 g/mol. The standard InChI is InChI=1S/C20H22F3N3O2/c1-3-12-6-5-7-13(4-2)18(12)24-17(27)11-26-19(28)15(20(21,22)23)10-16(25-26)14-8-9-14/h5-7,10,14H,3-4,8-9,11H2,1-2H3,(H,24,27). The Morgan fingerprint density at radius 1 is 1.21 bits per heavy atom. The zero-order valence-corrected chi connectivity index (χ0v) is 15.8. The fourth-order valence-electron chi connectivity index (χ4n) is 3.17. The summed E-state index contributed by atoms with van der Waals surface area (Å²) in [6.07, 6.45) is -1.93. The molecule has 0 unspecified atom stereocenters. The van der Waals surface area contributed by atoms with Gasteiger partial charge in [0.1, 0.15) is 12.1 Å². The van der Waals surface area contributed by atoms with E-state index in [1.54, 1.807) is 0 Å². The molecule has 0 bridgehead atoms. The van der Waals surface area contributed by atoms with Crippen molar-refractivity contribution in [3.63, 3.8) is 0 Å². The number of benzene rings is 1. The summed E-state index contributed by atoms with van der Waals surface area (Å²) in [4.78, 5) is 24.8. The Morgan fingerprint density at radius 2 is 1.82 bits per heavy atom. The van der Waals surface area contributed by atoms with Crippen LogP contribution in [-0.4, -0.2) is 15.7 Å². The van der Waals surface area contributed by atoms with Gasteiger partial charge in [0.2, 0.25) is 5.91 Å². The third-order valence-corrected chi connectivity index (χ3v) is 4.85. The predicted molar refractivity (Wildman–Crippen MR) is 99.3 cm³/mol. The third-order valence-electron chi connectivity index (χ3n) is 4.85. The van der Waals surface area contributed by atoms with E-state index in [2.05, 4.69) is 10.4 Å². The van der Waals surface area contributed by atoms with Crippen LogP contribution in [0.4, 0.5) is 18.9 Å². The number of alkyl halides is 3. The number of carbonyl (C=O) groups is 1. The lowest BCUT2D eigenvalue weighted by Gasteiger charge is -2.16. The minimum absolute atomic E-state index is 0.0801. The molecule has 1 N–H and O–H groups in total. The minimum atomic E-state index is -4.79. The highest BCUT2D eigenvalue weighted by Gasteiger charge is 2.37. The number of halogens is 3. The van der Waals surface area contributed by atoms with Crippen molar-refractivity contribution in [3.8, 4) is 0 Å². The van der Waals surface area contributed by atoms with Gasteiger partial charge in [-0.1, -0.05) is 32.0 Å². The summed E-state index contributed by atoms with van der Waals surface area (Å²) in [5.41, 5.74) is 0.140. The summed E-state index contributed by atoms with van der Waals surface area (Å²) in [5, 5.41) is 6.78. The molecule has 5 nitrogen and oxygen atoms in total. The van der Waals surface area contributed by atoms with Crippen molar-refractivity contribution in [1.82, 2.24) is 9.78 Å². The predicted octanol–water partition coefficient (Wildman–Crippen LogP) is 3.90. The fraction of sp³-hybridized carbons (Fsp3) is 0.450. The second-order valence-electron chi connectivity index (χ2n) is 6.92. The fourth-order valence-corrected chi connectivity index (χ4v) is 3.17. The van der Waals surface area contributed by atoms with Gasteiger partial charge in [0.25, 0.3) is 5.56 Å². The summed E-state index contributed by atoms with van der Waals surface area (Å²) >= 11 is 0. The smallest absolute Gasteiger partial charge is 0.324 e. The molecule has 1 amide bonds. The molecule has 3 rings (SSSR count). The molecular formula is C20H22F3N3O2. The van der Waals surface area contributed by atoms with Crippen LogP contribution in [0.1, 0.15) is 55.0 Å². The number of amides is 1. The van der Waals surface area contributed by atoms with Gasteiger partial charge in [-0.3, -0.25) is 9.59 Å². The van der Waals surface area contributed by atoms with Crippen LogP contribution in [0.15, 0.2) is 29.1 Å². The Hall–Kier alpha value is -2.64. The number of hydrogen-bond donors (Lipinski definition) is 1. The molecule has 0 radical (unpaired) electrons. The molecule has 1 heterocycles. The topological polar surface area (TPSA) is 64.0 Å². The molecule has 1 saturated carbocycles. The summed E-state index contributed by atoms with van der Waals surface area (Å²) in [6, 6.07) is 6.48. The Labute approximate surface area is 160 Å². The maximum Gasteiger partial charge on any atom is 0.421 e. The molecule has 1 aromatic heterocycles. The SMILES string of the molecule is CCc1cccc(CC)c1NC(=O)Cn1nc(C2CC2)cc(C(F)(F)F)c1=O. The Kier molecular flexibility index (Phi) is 5.58. The van der Waals surface area contributed by atoms with Gasteiger partial charge in [0, 0.05) is 11.6 Å². The van der Waals surface area contributed by atoms with Gasteiger partial charge in [-0.05, 0) is 42.9 Å². The zero-order chi connectivity index (χ0) is 20.5. The molecular weight excluding hydrogens is 371 g/mol. The lowest BCUT2D eigenvalue weighted by atomic mass is 10.0. The van der Waals surface area contributed by atoms with Crippen molar-refractivity contribution in [2.75, 3.05) is 5.32 Å². The molecule has 28 heavy (non-hydrogen) atoms. The molecule has 2 aromatic rings. The number of anilines is 1. The lowest BCUT2D eigenvalue weighted by Crippen LogP contribution is -2.35. The van der Waals surface area contributed by atoms with E-state index in [1.807, 2.05) is 32.0 Å². The molecule has 1 aromatic carbocycles. The van der Waals surface area contributed by atoms with Crippen LogP contribution < -0.4 is 10.9 Å². The zero-order valence-electron chi connectivity index (χ0n) is 15.8. The first-order chi connectivity index (χ1) is 13.2. The highest BCUT2D eigenvalue weighted by Crippen LogP contribution is 2.40. The van der Waals surface area contributed by atoms with E-state index in [-0.39, 0.29) is 11.6 Å². The molecule has 0 atom stereocenters. The van der Waals surface area contributed by atoms with E-state index in [0.29, 0.717) is 23.2 Å². The number of nitrogens with one attached hydrogen (secondary N) is 1. The maximum absolute atomic E-state index is 13.2. The minimum Gasteiger partial charge on any atom is -0.324 e. The normalized spacial score (nSPS) is 14.2. The van der Waals surface area contributed by atoms with Crippen molar-refractivity contribution in [1.29, 1.82) is 0 Å². The quantitative estimate of drug-likeness (QED) is 0.810. The molecule has 150 valence electrons. The number of para-hydroxylation sites is 1. The molecule has 0 aliphatic heterocycles. The van der Waals surface area contributed by atoms with Gasteiger partial charge in [0.15, 0.2) is 0 Å². The number of nitrogens with zero attached hydrogens (tertiary/aromatic N) is 2. The van der Waals surface area contributed by atoms with E-state index < -0.39 is 29.8 Å². The van der Waals surface area contributed by atoms with Crippen LogP contribution >= 0.6 is 0 Å². The van der Waals surface area contributed by atoms with Crippen LogP contribution in [0, 0.1) is 0 Å². The van der Waals surface area contributed by atoms with Crippen molar-refractivity contribution in [3.05, 3.63) is 57.0 Å². The molecule has 8 heteroatoms. The van der Waals surface area contributed by atoms with Crippen LogP contribution in [0.25, 0.3) is 0 Å². The first-order valence-electron chi connectivity index (χ1n) is 9.34. The van der Waals surface area contributed by atoms with Crippen molar-refractivity contribution >= 4 is 11.6 Å². The number of hydrogen-bond acceptors (Lipinski definition) is 3. The van der Waals surface area contributed by atoms with Gasteiger partial charge < -0.3 is 5.32 Å². The van der Waals surface area contributed by atoms with Crippen LogP contribution in [0.3, 0.4) is 0 Å². The average Bonchev–Trinajstić information content (AvgIpc) is 3.47. The number of aromatic nitrogens is 2. The van der Waals surface area contributed by atoms with E-state index in [9.17, 15) is 22.8 Å². The second kappa shape index (κ2) is 7.77. The number of rotatable bonds is 6. The number of aryl methyl sites for hydroxylation is 2. The van der Waals surface area contributed by atoms with Gasteiger partial charge in [-0.2, -0.15) is 18.3 Å². The monoisotopic (exact) mass is 393 g/mol. The Morgan fingerprint density at radius 3 is 2.32 bits per heavy atom. The molecule has 1 fully saturated rings. The molecule has 0 saturated heterocycles. The van der Waals surface area contributed by atoms with Crippen LogP contribution in [0.5, 0.6) is 0 Å². The second-order valence-corrected chi connectivity index (χ2v) is 6.92. The summed E-state index contributed by atoms with van der Waals surface area (Å²) in [7, 11) is 0. The highest BCUT2D eigenvalue weighted by molar-refractivity contribution is 5.92. The van der Waals surface area contributed by atoms with E-state index in [4.69, 9.17) is 0 Å². The van der Waals surface area contributed by atoms with E-state index in [0.717, 1.165) is 30.0 Å². The summed E-state index contributed by atoms with van der Waals surface area (Å²) in [5.74, 6) is -0.658. The largest absolute Gasteiger partial charge is 0.421 e. The van der Waals surface area contributed by atoms with Gasteiger partial charge in [0.05, 0.1) is 5.69 Å². The lowest BCUT2D eigenvalue weighted by molar-refractivity contribution is -0.139. The maximum atomic E-state index is 13.2.